The van der Waals surface area contributed by atoms with Crippen molar-refractivity contribution >= 4 is 40.4 Å². The Kier molecular flexibility index (Phi) is 4.01. The van der Waals surface area contributed by atoms with Gasteiger partial charge in [-0.25, -0.2) is 0 Å². The molecule has 1 heterocycles. The summed E-state index contributed by atoms with van der Waals surface area (Å²) in [4.78, 5) is 15.8. The summed E-state index contributed by atoms with van der Waals surface area (Å²) in [7, 11) is 0. The lowest BCUT2D eigenvalue weighted by Gasteiger charge is -2.22. The van der Waals surface area contributed by atoms with Gasteiger partial charge < -0.3 is 4.90 Å². The first kappa shape index (κ1) is 13.9. The lowest BCUT2D eigenvalue weighted by Crippen LogP contribution is -2.32. The van der Waals surface area contributed by atoms with Gasteiger partial charge >= 0.3 is 0 Å². The topological polar surface area (TPSA) is 20.3 Å². The van der Waals surface area contributed by atoms with Gasteiger partial charge in [0.15, 0.2) is 0 Å². The molecule has 2 nitrogen and oxygen atoms in total. The van der Waals surface area contributed by atoms with Crippen molar-refractivity contribution in [3.05, 3.63) is 56.2 Å². The molecule has 0 N–H and O–H groups in total. The Labute approximate surface area is 131 Å². The molecule has 0 saturated heterocycles. The van der Waals surface area contributed by atoms with Crippen molar-refractivity contribution in [2.45, 2.75) is 25.4 Å². The molecule has 2 aromatic rings. The van der Waals surface area contributed by atoms with Crippen molar-refractivity contribution in [3.8, 4) is 0 Å². The highest BCUT2D eigenvalue weighted by Gasteiger charge is 2.34. The molecule has 1 fully saturated rings. The van der Waals surface area contributed by atoms with Gasteiger partial charge in [0.25, 0.3) is 5.91 Å². The average molecular weight is 326 g/mol. The normalized spacial score (nSPS) is 14.3. The first-order chi connectivity index (χ1) is 9.66. The smallest absolute Gasteiger partial charge is 0.255 e. The van der Waals surface area contributed by atoms with Crippen LogP contribution in [-0.2, 0) is 6.54 Å². The quantitative estimate of drug-likeness (QED) is 0.786. The van der Waals surface area contributed by atoms with Crippen LogP contribution < -0.4 is 0 Å². The van der Waals surface area contributed by atoms with Crippen molar-refractivity contribution < 1.29 is 4.79 Å². The maximum Gasteiger partial charge on any atom is 0.255 e. The lowest BCUT2D eigenvalue weighted by molar-refractivity contribution is 0.0732. The van der Waals surface area contributed by atoms with E-state index in [0.29, 0.717) is 28.2 Å². The molecule has 1 aliphatic carbocycles. The van der Waals surface area contributed by atoms with Crippen LogP contribution in [0.1, 0.15) is 28.1 Å². The Morgan fingerprint density at radius 3 is 2.70 bits per heavy atom. The van der Waals surface area contributed by atoms with Gasteiger partial charge in [-0.1, -0.05) is 35.3 Å². The average Bonchev–Trinajstić information content (AvgIpc) is 3.15. The number of thiophene rings is 1. The molecule has 1 aliphatic rings. The van der Waals surface area contributed by atoms with E-state index < -0.39 is 0 Å². The molecule has 1 saturated carbocycles. The van der Waals surface area contributed by atoms with E-state index in [1.54, 1.807) is 29.5 Å². The first-order valence-electron chi connectivity index (χ1n) is 6.44. The summed E-state index contributed by atoms with van der Waals surface area (Å²) in [6.45, 7) is 0.643. The Bertz CT molecular complexity index is 623. The van der Waals surface area contributed by atoms with E-state index in [4.69, 9.17) is 23.2 Å². The van der Waals surface area contributed by atoms with Gasteiger partial charge in [-0.2, -0.15) is 0 Å². The van der Waals surface area contributed by atoms with Crippen molar-refractivity contribution in [2.75, 3.05) is 0 Å². The number of halogens is 2. The van der Waals surface area contributed by atoms with E-state index in [0.717, 1.165) is 12.8 Å². The summed E-state index contributed by atoms with van der Waals surface area (Å²) in [5.74, 6) is -0.0339. The number of nitrogens with zero attached hydrogens (tertiary/aromatic N) is 1. The van der Waals surface area contributed by atoms with E-state index in [1.165, 1.54) is 4.88 Å². The molecule has 0 radical (unpaired) electrons. The van der Waals surface area contributed by atoms with Gasteiger partial charge in [0.2, 0.25) is 0 Å². The van der Waals surface area contributed by atoms with Crippen LogP contribution in [0.4, 0.5) is 0 Å². The number of hydrogen-bond acceptors (Lipinski definition) is 2. The zero-order valence-corrected chi connectivity index (χ0v) is 13.0. The zero-order chi connectivity index (χ0) is 14.1. The third-order valence-corrected chi connectivity index (χ3v) is 5.02. The molecule has 5 heteroatoms. The molecule has 0 bridgehead atoms. The molecule has 0 atom stereocenters. The molecule has 0 spiro atoms. The van der Waals surface area contributed by atoms with Gasteiger partial charge in [0.1, 0.15) is 0 Å². The van der Waals surface area contributed by atoms with Crippen molar-refractivity contribution in [1.82, 2.24) is 4.90 Å². The number of rotatable bonds is 4. The van der Waals surface area contributed by atoms with E-state index >= 15 is 0 Å². The van der Waals surface area contributed by atoms with Gasteiger partial charge in [0, 0.05) is 10.9 Å². The van der Waals surface area contributed by atoms with E-state index in [9.17, 15) is 4.79 Å². The van der Waals surface area contributed by atoms with Gasteiger partial charge in [-0.3, -0.25) is 4.79 Å². The van der Waals surface area contributed by atoms with Crippen LogP contribution in [0.15, 0.2) is 35.7 Å². The van der Waals surface area contributed by atoms with Crippen LogP contribution >= 0.6 is 34.5 Å². The minimum Gasteiger partial charge on any atom is -0.330 e. The number of benzene rings is 1. The van der Waals surface area contributed by atoms with Crippen LogP contribution in [0.2, 0.25) is 10.0 Å². The lowest BCUT2D eigenvalue weighted by atomic mass is 10.2. The number of carbonyl (C=O) groups excluding carboxylic acids is 1. The Balaban J connectivity index is 1.87. The number of amides is 1. The molecule has 0 aliphatic heterocycles. The fourth-order valence-electron chi connectivity index (χ4n) is 2.15. The highest BCUT2D eigenvalue weighted by molar-refractivity contribution is 7.09. The summed E-state index contributed by atoms with van der Waals surface area (Å²) in [5, 5.41) is 2.79. The van der Waals surface area contributed by atoms with Crippen molar-refractivity contribution in [3.63, 3.8) is 0 Å². The summed E-state index contributed by atoms with van der Waals surface area (Å²) in [5.41, 5.74) is 0.489. The minimum atomic E-state index is -0.0339. The summed E-state index contributed by atoms with van der Waals surface area (Å²) in [6, 6.07) is 9.58. The molecule has 1 aromatic heterocycles. The fourth-order valence-corrected chi connectivity index (χ4v) is 3.23. The predicted octanol–water partition coefficient (Wildman–Crippen LogP) is 4.86. The van der Waals surface area contributed by atoms with Crippen LogP contribution in [0, 0.1) is 0 Å². The second-order valence-electron chi connectivity index (χ2n) is 4.84. The summed E-state index contributed by atoms with van der Waals surface area (Å²) >= 11 is 13.8. The van der Waals surface area contributed by atoms with Gasteiger partial charge in [0.05, 0.1) is 22.2 Å². The fraction of sp³-hybridized carbons (Fsp3) is 0.267. The standard InChI is InChI=1S/C15H13Cl2NOS/c16-13-5-1-4-12(14(13)17)15(19)18(10-6-7-10)9-11-3-2-8-20-11/h1-5,8,10H,6-7,9H2. The SMILES string of the molecule is O=C(c1cccc(Cl)c1Cl)N(Cc1cccs1)C1CC1. The Morgan fingerprint density at radius 1 is 1.25 bits per heavy atom. The van der Waals surface area contributed by atoms with Crippen LogP contribution in [0.25, 0.3) is 0 Å². The molecular formula is C15H13Cl2NOS. The highest BCUT2D eigenvalue weighted by atomic mass is 35.5. The van der Waals surface area contributed by atoms with Crippen LogP contribution in [0.3, 0.4) is 0 Å². The molecular weight excluding hydrogens is 313 g/mol. The first-order valence-corrected chi connectivity index (χ1v) is 8.07. The Hall–Kier alpha value is -1.03. The maximum absolute atomic E-state index is 12.7. The summed E-state index contributed by atoms with van der Waals surface area (Å²) < 4.78 is 0. The maximum atomic E-state index is 12.7. The molecule has 0 unspecified atom stereocenters. The summed E-state index contributed by atoms with van der Waals surface area (Å²) in [6.07, 6.45) is 2.13. The Morgan fingerprint density at radius 2 is 2.05 bits per heavy atom. The number of hydrogen-bond donors (Lipinski definition) is 0. The van der Waals surface area contributed by atoms with E-state index in [-0.39, 0.29) is 5.91 Å². The monoisotopic (exact) mass is 325 g/mol. The highest BCUT2D eigenvalue weighted by Crippen LogP contribution is 2.33. The predicted molar refractivity (Wildman–Crippen MR) is 83.7 cm³/mol. The van der Waals surface area contributed by atoms with Crippen molar-refractivity contribution in [1.29, 1.82) is 0 Å². The third kappa shape index (κ3) is 2.85. The molecule has 1 aromatic carbocycles. The van der Waals surface area contributed by atoms with Gasteiger partial charge in [-0.15, -0.1) is 11.3 Å². The van der Waals surface area contributed by atoms with Crippen LogP contribution in [0.5, 0.6) is 0 Å². The molecule has 3 rings (SSSR count). The number of carbonyl (C=O) groups is 1. The van der Waals surface area contributed by atoms with Crippen molar-refractivity contribution in [2.24, 2.45) is 0 Å². The van der Waals surface area contributed by atoms with E-state index in [2.05, 4.69) is 0 Å². The van der Waals surface area contributed by atoms with Crippen LogP contribution in [-0.4, -0.2) is 16.8 Å². The zero-order valence-electron chi connectivity index (χ0n) is 10.7. The molecule has 104 valence electrons. The minimum absolute atomic E-state index is 0.0339. The second-order valence-corrected chi connectivity index (χ2v) is 6.66. The van der Waals surface area contributed by atoms with E-state index in [1.807, 2.05) is 22.4 Å². The second kappa shape index (κ2) is 5.76. The largest absolute Gasteiger partial charge is 0.330 e. The third-order valence-electron chi connectivity index (χ3n) is 3.34. The molecule has 1 amide bonds. The van der Waals surface area contributed by atoms with Gasteiger partial charge in [-0.05, 0) is 36.4 Å². The molecule has 20 heavy (non-hydrogen) atoms.